The van der Waals surface area contributed by atoms with Gasteiger partial charge in [0, 0.05) is 11.3 Å². The van der Waals surface area contributed by atoms with Gasteiger partial charge in [-0.25, -0.2) is 4.68 Å². The number of ether oxygens (including phenoxy) is 1. The van der Waals surface area contributed by atoms with Crippen molar-refractivity contribution >= 4 is 11.6 Å². The largest absolute Gasteiger partial charge is 0.462 e. The molecular formula is C25H23F3N4O3. The van der Waals surface area contributed by atoms with Crippen molar-refractivity contribution in [1.82, 2.24) is 14.8 Å². The third-order valence-electron chi connectivity index (χ3n) is 5.03. The highest BCUT2D eigenvalue weighted by Crippen LogP contribution is 2.32. The molecule has 35 heavy (non-hydrogen) atoms. The number of aromatic nitrogens is 3. The summed E-state index contributed by atoms with van der Waals surface area (Å²) in [6.45, 7) is 5.78. The highest BCUT2D eigenvalue weighted by atomic mass is 19.4. The fourth-order valence-electron chi connectivity index (χ4n) is 3.33. The quantitative estimate of drug-likeness (QED) is 0.341. The second kappa shape index (κ2) is 9.65. The van der Waals surface area contributed by atoms with Crippen molar-refractivity contribution in [3.63, 3.8) is 0 Å². The van der Waals surface area contributed by atoms with E-state index in [2.05, 4.69) is 15.4 Å². The van der Waals surface area contributed by atoms with Crippen LogP contribution in [0.25, 0.3) is 17.3 Å². The molecule has 10 heteroatoms. The first kappa shape index (κ1) is 24.1. The molecule has 0 aliphatic rings. The minimum Gasteiger partial charge on any atom is -0.462 e. The predicted octanol–water partition coefficient (Wildman–Crippen LogP) is 6.14. The average molecular weight is 484 g/mol. The first-order chi connectivity index (χ1) is 16.6. The summed E-state index contributed by atoms with van der Waals surface area (Å²) in [6, 6.07) is 13.8. The third kappa shape index (κ3) is 5.53. The molecule has 2 aromatic heterocycles. The zero-order valence-corrected chi connectivity index (χ0v) is 19.3. The van der Waals surface area contributed by atoms with Crippen LogP contribution in [0.2, 0.25) is 0 Å². The van der Waals surface area contributed by atoms with Crippen LogP contribution < -0.4 is 10.1 Å². The van der Waals surface area contributed by atoms with Crippen molar-refractivity contribution in [2.45, 2.75) is 26.9 Å². The number of anilines is 1. The summed E-state index contributed by atoms with van der Waals surface area (Å²) in [5.74, 6) is 0.460. The van der Waals surface area contributed by atoms with Gasteiger partial charge in [-0.05, 0) is 60.9 Å². The van der Waals surface area contributed by atoms with Gasteiger partial charge in [-0.15, -0.1) is 5.10 Å². The van der Waals surface area contributed by atoms with Gasteiger partial charge in [0.25, 0.3) is 5.91 Å². The summed E-state index contributed by atoms with van der Waals surface area (Å²) in [6.07, 6.45) is -3.04. The second-order valence-corrected chi connectivity index (χ2v) is 8.34. The molecule has 1 N–H and O–H groups in total. The molecule has 0 unspecified atom stereocenters. The molecule has 182 valence electrons. The number of carbonyl (C=O) groups excluding carboxylic acids is 1. The van der Waals surface area contributed by atoms with Gasteiger partial charge in [0.2, 0.25) is 5.82 Å². The van der Waals surface area contributed by atoms with Gasteiger partial charge in [-0.1, -0.05) is 26.0 Å². The number of carbonyl (C=O) groups is 1. The smallest absolute Gasteiger partial charge is 0.416 e. The highest BCUT2D eigenvalue weighted by Gasteiger charge is 2.33. The van der Waals surface area contributed by atoms with Crippen molar-refractivity contribution < 1.29 is 27.1 Å². The number of hydrogen-bond donors (Lipinski definition) is 1. The fourth-order valence-corrected chi connectivity index (χ4v) is 3.33. The molecule has 4 rings (SSSR count). The first-order valence-electron chi connectivity index (χ1n) is 10.8. The van der Waals surface area contributed by atoms with E-state index in [1.54, 1.807) is 36.4 Å². The number of nitrogens with zero attached hydrogens (tertiary/aromatic N) is 3. The van der Waals surface area contributed by atoms with Crippen molar-refractivity contribution in [3.05, 3.63) is 77.6 Å². The van der Waals surface area contributed by atoms with Gasteiger partial charge >= 0.3 is 12.2 Å². The molecule has 4 aromatic rings. The Morgan fingerprint density at radius 2 is 1.94 bits per heavy atom. The Morgan fingerprint density at radius 3 is 2.63 bits per heavy atom. The van der Waals surface area contributed by atoms with Crippen LogP contribution in [0.4, 0.5) is 18.9 Å². The Bertz CT molecular complexity index is 1330. The summed E-state index contributed by atoms with van der Waals surface area (Å²) >= 11 is 0. The Kier molecular flexibility index (Phi) is 6.63. The van der Waals surface area contributed by atoms with E-state index in [-0.39, 0.29) is 23.1 Å². The monoisotopic (exact) mass is 484 g/mol. The normalized spacial score (nSPS) is 11.6. The van der Waals surface area contributed by atoms with Gasteiger partial charge in [-0.3, -0.25) is 4.79 Å². The zero-order valence-electron chi connectivity index (χ0n) is 19.3. The molecular weight excluding hydrogens is 461 g/mol. The van der Waals surface area contributed by atoms with E-state index >= 15 is 0 Å². The SMILES string of the molecule is Cc1ccc(C(=O)Nc2cccc(-n3nc(OCC(C)C)nc3-c3ccco3)c2)cc1C(F)(F)F. The molecule has 0 aliphatic carbocycles. The van der Waals surface area contributed by atoms with Gasteiger partial charge in [0.05, 0.1) is 24.1 Å². The number of furan rings is 1. The molecule has 0 spiro atoms. The van der Waals surface area contributed by atoms with E-state index < -0.39 is 17.6 Å². The molecule has 0 saturated carbocycles. The number of hydrogen-bond acceptors (Lipinski definition) is 5. The maximum Gasteiger partial charge on any atom is 0.416 e. The summed E-state index contributed by atoms with van der Waals surface area (Å²) in [5, 5.41) is 7.07. The van der Waals surface area contributed by atoms with Crippen LogP contribution in [-0.4, -0.2) is 27.3 Å². The first-order valence-corrected chi connectivity index (χ1v) is 10.8. The van der Waals surface area contributed by atoms with Crippen molar-refractivity contribution in [2.24, 2.45) is 5.92 Å². The Balaban J connectivity index is 1.63. The summed E-state index contributed by atoms with van der Waals surface area (Å²) in [7, 11) is 0. The van der Waals surface area contributed by atoms with Crippen LogP contribution in [0.5, 0.6) is 6.01 Å². The second-order valence-electron chi connectivity index (χ2n) is 8.34. The molecule has 1 amide bonds. The molecule has 0 saturated heterocycles. The van der Waals surface area contributed by atoms with E-state index in [0.29, 0.717) is 29.6 Å². The number of halogens is 3. The molecule has 2 heterocycles. The topological polar surface area (TPSA) is 82.2 Å². The van der Waals surface area contributed by atoms with Crippen LogP contribution in [0, 0.1) is 12.8 Å². The van der Waals surface area contributed by atoms with Gasteiger partial charge in [0.15, 0.2) is 5.76 Å². The van der Waals surface area contributed by atoms with Gasteiger partial charge in [-0.2, -0.15) is 18.2 Å². The molecule has 0 aliphatic heterocycles. The maximum atomic E-state index is 13.2. The zero-order chi connectivity index (χ0) is 25.2. The summed E-state index contributed by atoms with van der Waals surface area (Å²) in [5.41, 5.74) is 0.00426. The van der Waals surface area contributed by atoms with E-state index in [9.17, 15) is 18.0 Å². The molecule has 0 atom stereocenters. The Labute approximate surface area is 199 Å². The van der Waals surface area contributed by atoms with Gasteiger partial charge < -0.3 is 14.5 Å². The minimum absolute atomic E-state index is 0.0446. The average Bonchev–Trinajstić information content (AvgIpc) is 3.47. The number of benzene rings is 2. The highest BCUT2D eigenvalue weighted by molar-refractivity contribution is 6.04. The van der Waals surface area contributed by atoms with Crippen LogP contribution in [-0.2, 0) is 6.18 Å². The molecule has 0 fully saturated rings. The van der Waals surface area contributed by atoms with Crippen LogP contribution in [0.1, 0.15) is 35.3 Å². The summed E-state index contributed by atoms with van der Waals surface area (Å²) in [4.78, 5) is 17.1. The van der Waals surface area contributed by atoms with Gasteiger partial charge in [0.1, 0.15) is 0 Å². The number of aryl methyl sites for hydroxylation is 1. The van der Waals surface area contributed by atoms with Crippen molar-refractivity contribution in [2.75, 3.05) is 11.9 Å². The van der Waals surface area contributed by atoms with Crippen molar-refractivity contribution in [3.8, 4) is 23.3 Å². The lowest BCUT2D eigenvalue weighted by molar-refractivity contribution is -0.138. The molecule has 0 radical (unpaired) electrons. The van der Waals surface area contributed by atoms with Crippen LogP contribution in [0.3, 0.4) is 0 Å². The number of rotatable bonds is 7. The maximum absolute atomic E-state index is 13.2. The van der Waals surface area contributed by atoms with Crippen LogP contribution in [0.15, 0.2) is 65.3 Å². The molecule has 2 aromatic carbocycles. The number of amides is 1. The third-order valence-corrected chi connectivity index (χ3v) is 5.03. The number of alkyl halides is 3. The lowest BCUT2D eigenvalue weighted by Gasteiger charge is -2.13. The fraction of sp³-hybridized carbons (Fsp3) is 0.240. The van der Waals surface area contributed by atoms with E-state index in [1.807, 2.05) is 13.8 Å². The Morgan fingerprint density at radius 1 is 1.14 bits per heavy atom. The Hall–Kier alpha value is -4.08. The summed E-state index contributed by atoms with van der Waals surface area (Å²) < 4.78 is 52.4. The van der Waals surface area contributed by atoms with E-state index in [0.717, 1.165) is 6.07 Å². The van der Waals surface area contributed by atoms with E-state index in [4.69, 9.17) is 9.15 Å². The van der Waals surface area contributed by atoms with Crippen molar-refractivity contribution in [1.29, 1.82) is 0 Å². The predicted molar refractivity (Wildman–Crippen MR) is 124 cm³/mol. The van der Waals surface area contributed by atoms with E-state index in [1.165, 1.54) is 30.0 Å². The molecule has 0 bridgehead atoms. The minimum atomic E-state index is -4.55. The lowest BCUT2D eigenvalue weighted by Crippen LogP contribution is -2.15. The standard InChI is InChI=1S/C25H23F3N4O3/c1-15(2)14-35-24-30-22(21-8-5-11-34-21)32(31-24)19-7-4-6-18(13-19)29-23(33)17-10-9-16(3)20(12-17)25(26,27)28/h4-13,15H,14H2,1-3H3,(H,29,33). The lowest BCUT2D eigenvalue weighted by atomic mass is 10.0. The number of nitrogens with one attached hydrogen (secondary N) is 1. The molecule has 7 nitrogen and oxygen atoms in total. The van der Waals surface area contributed by atoms with Crippen LogP contribution >= 0.6 is 0 Å².